The van der Waals surface area contributed by atoms with Gasteiger partial charge < -0.3 is 5.11 Å². The van der Waals surface area contributed by atoms with E-state index in [1.165, 1.54) is 14.1 Å². The second-order valence-corrected chi connectivity index (χ2v) is 2.16. The zero-order valence-electron chi connectivity index (χ0n) is 5.74. The highest BCUT2D eigenvalue weighted by Gasteiger charge is 2.39. The smallest absolute Gasteiger partial charge is 0.328 e. The van der Waals surface area contributed by atoms with Crippen LogP contribution in [0.4, 0.5) is 4.79 Å². The first-order valence-corrected chi connectivity index (χ1v) is 2.78. The number of rotatable bonds is 0. The van der Waals surface area contributed by atoms with Gasteiger partial charge in [-0.2, -0.15) is 0 Å². The zero-order chi connectivity index (χ0) is 7.89. The first-order chi connectivity index (χ1) is 4.55. The van der Waals surface area contributed by atoms with Crippen LogP contribution in [-0.2, 0) is 4.79 Å². The van der Waals surface area contributed by atoms with Crippen LogP contribution in [-0.4, -0.2) is 47.2 Å². The normalized spacial score (nSPS) is 26.5. The van der Waals surface area contributed by atoms with Crippen molar-refractivity contribution in [2.75, 3.05) is 14.1 Å². The largest absolute Gasteiger partial charge is 0.365 e. The number of carbonyl (C=O) groups is 2. The Morgan fingerprint density at radius 1 is 1.40 bits per heavy atom. The van der Waals surface area contributed by atoms with Crippen LogP contribution in [0.5, 0.6) is 0 Å². The number of aliphatic hydroxyl groups excluding tert-OH is 1. The fraction of sp³-hybridized carbons (Fsp3) is 0.600. The van der Waals surface area contributed by atoms with Gasteiger partial charge in [-0.3, -0.25) is 14.6 Å². The molecule has 0 spiro atoms. The van der Waals surface area contributed by atoms with E-state index in [1.54, 1.807) is 0 Å². The van der Waals surface area contributed by atoms with Crippen molar-refractivity contribution in [2.45, 2.75) is 6.23 Å². The lowest BCUT2D eigenvalue weighted by atomic mass is 10.5. The summed E-state index contributed by atoms with van der Waals surface area (Å²) < 4.78 is 0. The Bertz CT molecular complexity index is 171. The molecule has 0 aromatic carbocycles. The highest BCUT2D eigenvalue weighted by Crippen LogP contribution is 2.09. The van der Waals surface area contributed by atoms with E-state index in [0.717, 1.165) is 9.80 Å². The summed E-state index contributed by atoms with van der Waals surface area (Å²) in [6.45, 7) is 0. The topological polar surface area (TPSA) is 60.9 Å². The SMILES string of the molecule is CN1C(=O)C(O)N(C)C1=O. The van der Waals surface area contributed by atoms with E-state index in [2.05, 4.69) is 0 Å². The fourth-order valence-electron chi connectivity index (χ4n) is 0.774. The lowest BCUT2D eigenvalue weighted by molar-refractivity contribution is -0.135. The van der Waals surface area contributed by atoms with Crippen molar-refractivity contribution in [3.63, 3.8) is 0 Å². The molecule has 0 radical (unpaired) electrons. The minimum absolute atomic E-state index is 0.475. The van der Waals surface area contributed by atoms with Gasteiger partial charge in [-0.1, -0.05) is 0 Å². The van der Waals surface area contributed by atoms with E-state index in [4.69, 9.17) is 5.11 Å². The van der Waals surface area contributed by atoms with Gasteiger partial charge in [0.2, 0.25) is 6.23 Å². The molecular weight excluding hydrogens is 136 g/mol. The molecule has 1 N–H and O–H groups in total. The highest BCUT2D eigenvalue weighted by atomic mass is 16.3. The molecule has 0 bridgehead atoms. The Labute approximate surface area is 57.8 Å². The predicted molar refractivity (Wildman–Crippen MR) is 31.9 cm³/mol. The summed E-state index contributed by atoms with van der Waals surface area (Å²) in [7, 11) is 2.70. The van der Waals surface area contributed by atoms with E-state index in [1.807, 2.05) is 0 Å². The van der Waals surface area contributed by atoms with Crippen LogP contribution in [0.25, 0.3) is 0 Å². The Hall–Kier alpha value is -1.10. The summed E-state index contributed by atoms with van der Waals surface area (Å²) in [6, 6.07) is -0.475. The first-order valence-electron chi connectivity index (χ1n) is 2.78. The predicted octanol–water partition coefficient (Wildman–Crippen LogP) is -1.17. The molecular formula is C5H8N2O3. The van der Waals surface area contributed by atoms with Gasteiger partial charge in [0.25, 0.3) is 5.91 Å². The van der Waals surface area contributed by atoms with Crippen LogP contribution in [0.1, 0.15) is 0 Å². The molecule has 1 rings (SSSR count). The Balaban J connectivity index is 2.89. The van der Waals surface area contributed by atoms with Gasteiger partial charge in [0.15, 0.2) is 0 Å². The first kappa shape index (κ1) is 7.01. The Morgan fingerprint density at radius 3 is 2.00 bits per heavy atom. The third kappa shape index (κ3) is 0.672. The van der Waals surface area contributed by atoms with Gasteiger partial charge >= 0.3 is 6.03 Å². The number of likely N-dealkylation sites (N-methyl/N-ethyl adjacent to an activating group) is 2. The lowest BCUT2D eigenvalue weighted by Crippen LogP contribution is -2.30. The number of urea groups is 1. The zero-order valence-corrected chi connectivity index (χ0v) is 5.74. The molecule has 0 aromatic rings. The molecule has 1 aliphatic heterocycles. The van der Waals surface area contributed by atoms with Gasteiger partial charge in [0, 0.05) is 14.1 Å². The quantitative estimate of drug-likeness (QED) is 0.436. The van der Waals surface area contributed by atoms with E-state index in [-0.39, 0.29) is 0 Å². The van der Waals surface area contributed by atoms with Gasteiger partial charge in [-0.25, -0.2) is 4.79 Å². The summed E-state index contributed by atoms with van der Waals surface area (Å²) in [4.78, 5) is 23.4. The summed E-state index contributed by atoms with van der Waals surface area (Å²) in [5.74, 6) is -0.576. The molecule has 1 fully saturated rings. The molecule has 0 aromatic heterocycles. The molecule has 1 atom stereocenters. The molecule has 5 nitrogen and oxygen atoms in total. The van der Waals surface area contributed by atoms with E-state index in [9.17, 15) is 9.59 Å². The molecule has 5 heteroatoms. The van der Waals surface area contributed by atoms with Crippen molar-refractivity contribution >= 4 is 11.9 Å². The second-order valence-electron chi connectivity index (χ2n) is 2.16. The summed E-state index contributed by atoms with van der Waals surface area (Å²) in [5.41, 5.74) is 0. The highest BCUT2D eigenvalue weighted by molar-refractivity contribution is 6.02. The molecule has 1 aliphatic rings. The minimum Gasteiger partial charge on any atom is -0.365 e. The van der Waals surface area contributed by atoms with Crippen LogP contribution >= 0.6 is 0 Å². The third-order valence-electron chi connectivity index (χ3n) is 1.51. The van der Waals surface area contributed by atoms with Crippen LogP contribution in [0.3, 0.4) is 0 Å². The van der Waals surface area contributed by atoms with Gasteiger partial charge in [-0.05, 0) is 0 Å². The monoisotopic (exact) mass is 144 g/mol. The Morgan fingerprint density at radius 2 is 1.90 bits per heavy atom. The molecule has 0 saturated carbocycles. The maximum absolute atomic E-state index is 10.8. The van der Waals surface area contributed by atoms with Gasteiger partial charge in [0.1, 0.15) is 0 Å². The molecule has 1 unspecified atom stereocenters. The maximum atomic E-state index is 10.8. The lowest BCUT2D eigenvalue weighted by Gasteiger charge is -2.08. The van der Waals surface area contributed by atoms with Gasteiger partial charge in [-0.15, -0.1) is 0 Å². The van der Waals surface area contributed by atoms with Crippen LogP contribution in [0.2, 0.25) is 0 Å². The van der Waals surface area contributed by atoms with E-state index < -0.39 is 18.2 Å². The van der Waals surface area contributed by atoms with Crippen molar-refractivity contribution in [1.29, 1.82) is 0 Å². The molecule has 10 heavy (non-hydrogen) atoms. The summed E-state index contributed by atoms with van der Waals surface area (Å²) >= 11 is 0. The van der Waals surface area contributed by atoms with Gasteiger partial charge in [0.05, 0.1) is 0 Å². The molecule has 0 aliphatic carbocycles. The molecule has 1 heterocycles. The number of nitrogens with zero attached hydrogens (tertiary/aromatic N) is 2. The third-order valence-corrected chi connectivity index (χ3v) is 1.51. The number of aliphatic hydroxyl groups is 1. The maximum Gasteiger partial charge on any atom is 0.328 e. The van der Waals surface area contributed by atoms with E-state index in [0.29, 0.717) is 0 Å². The second kappa shape index (κ2) is 1.95. The number of amides is 3. The van der Waals surface area contributed by atoms with E-state index >= 15 is 0 Å². The minimum atomic E-state index is -1.29. The molecule has 3 amide bonds. The number of hydrogen-bond donors (Lipinski definition) is 1. The molecule has 1 saturated heterocycles. The standard InChI is InChI=1S/C5H8N2O3/c1-6-3(8)4(9)7(2)5(6)10/h3,8H,1-2H3. The average Bonchev–Trinajstić information content (AvgIpc) is 2.07. The summed E-state index contributed by atoms with van der Waals surface area (Å²) in [5, 5.41) is 8.92. The van der Waals surface area contributed by atoms with Crippen molar-refractivity contribution in [2.24, 2.45) is 0 Å². The molecule has 56 valence electrons. The van der Waals surface area contributed by atoms with Crippen LogP contribution in [0, 0.1) is 0 Å². The Kier molecular flexibility index (Phi) is 1.37. The van der Waals surface area contributed by atoms with Crippen molar-refractivity contribution in [3.8, 4) is 0 Å². The number of imide groups is 1. The van der Waals surface area contributed by atoms with Crippen molar-refractivity contribution in [1.82, 2.24) is 9.80 Å². The summed E-state index contributed by atoms with van der Waals surface area (Å²) in [6.07, 6.45) is -1.29. The van der Waals surface area contributed by atoms with Crippen molar-refractivity contribution < 1.29 is 14.7 Å². The number of hydrogen-bond acceptors (Lipinski definition) is 3. The van der Waals surface area contributed by atoms with Crippen LogP contribution in [0.15, 0.2) is 0 Å². The average molecular weight is 144 g/mol. The number of carbonyl (C=O) groups excluding carboxylic acids is 2. The fourth-order valence-corrected chi connectivity index (χ4v) is 0.774. The van der Waals surface area contributed by atoms with Crippen molar-refractivity contribution in [3.05, 3.63) is 0 Å². The van der Waals surface area contributed by atoms with Crippen LogP contribution < -0.4 is 0 Å².